The largest absolute Gasteiger partial charge is 0.454 e. The van der Waals surface area contributed by atoms with Gasteiger partial charge in [0.15, 0.2) is 0 Å². The van der Waals surface area contributed by atoms with Gasteiger partial charge >= 0.3 is 5.97 Å². The summed E-state index contributed by atoms with van der Waals surface area (Å²) in [6, 6.07) is 5.46. The maximum absolute atomic E-state index is 11.5. The summed E-state index contributed by atoms with van der Waals surface area (Å²) in [5, 5.41) is 9.30. The average Bonchev–Trinajstić information content (AvgIpc) is 2.83. The van der Waals surface area contributed by atoms with Gasteiger partial charge in [0.25, 0.3) is 0 Å². The number of aliphatic hydroxyl groups excluding tert-OH is 1. The lowest BCUT2D eigenvalue weighted by atomic mass is 9.93. The molecule has 1 aliphatic rings. The van der Waals surface area contributed by atoms with E-state index in [0.717, 1.165) is 16.7 Å². The number of allylic oxidation sites excluding steroid dienone is 1. The average molecular weight is 286 g/mol. The molecule has 1 heterocycles. The van der Waals surface area contributed by atoms with Gasteiger partial charge in [-0.1, -0.05) is 18.7 Å². The van der Waals surface area contributed by atoms with E-state index < -0.39 is 0 Å². The fourth-order valence-electron chi connectivity index (χ4n) is 2.31. The van der Waals surface area contributed by atoms with E-state index in [-0.39, 0.29) is 18.7 Å². The molecule has 5 heteroatoms. The van der Waals surface area contributed by atoms with Gasteiger partial charge in [-0.3, -0.25) is 4.99 Å². The van der Waals surface area contributed by atoms with Crippen molar-refractivity contribution in [2.75, 3.05) is 7.05 Å². The van der Waals surface area contributed by atoms with Crippen LogP contribution in [0.3, 0.4) is 0 Å². The molecule has 0 bridgehead atoms. The van der Waals surface area contributed by atoms with Crippen molar-refractivity contribution in [2.24, 2.45) is 10.7 Å². The zero-order chi connectivity index (χ0) is 15.4. The summed E-state index contributed by atoms with van der Waals surface area (Å²) in [6.45, 7) is 3.62. The molecule has 0 saturated carbocycles. The number of aliphatic imine (C=N–C) groups is 1. The van der Waals surface area contributed by atoms with Crippen LogP contribution in [0.2, 0.25) is 0 Å². The zero-order valence-corrected chi connectivity index (χ0v) is 11.9. The number of nitrogens with two attached hydrogens (primary N) is 1. The van der Waals surface area contributed by atoms with Gasteiger partial charge in [-0.25, -0.2) is 4.79 Å². The van der Waals surface area contributed by atoms with Crippen LogP contribution in [0.1, 0.15) is 29.2 Å². The van der Waals surface area contributed by atoms with Gasteiger partial charge in [0.05, 0.1) is 6.61 Å². The van der Waals surface area contributed by atoms with Crippen molar-refractivity contribution >= 4 is 17.8 Å². The highest BCUT2D eigenvalue weighted by Gasteiger charge is 2.30. The fourth-order valence-corrected chi connectivity index (χ4v) is 2.31. The molecule has 21 heavy (non-hydrogen) atoms. The second-order valence-corrected chi connectivity index (χ2v) is 4.79. The third-order valence-corrected chi connectivity index (χ3v) is 3.38. The van der Waals surface area contributed by atoms with Crippen molar-refractivity contribution in [3.8, 4) is 0 Å². The van der Waals surface area contributed by atoms with E-state index in [0.29, 0.717) is 17.6 Å². The Morgan fingerprint density at radius 3 is 2.90 bits per heavy atom. The van der Waals surface area contributed by atoms with Crippen LogP contribution in [0.5, 0.6) is 0 Å². The molecule has 2 rings (SSSR count). The minimum Gasteiger partial charge on any atom is -0.454 e. The van der Waals surface area contributed by atoms with Gasteiger partial charge in [0, 0.05) is 42.6 Å². The molecule has 0 radical (unpaired) electrons. The van der Waals surface area contributed by atoms with E-state index in [1.54, 1.807) is 19.3 Å². The molecule has 1 atom stereocenters. The molecule has 1 aromatic rings. The molecule has 3 N–H and O–H groups in total. The number of carbonyl (C=O) groups excluding carboxylic acids is 1. The molecule has 110 valence electrons. The molecule has 1 fully saturated rings. The lowest BCUT2D eigenvalue weighted by molar-refractivity contribution is -0.139. The Hall–Kier alpha value is -2.40. The quantitative estimate of drug-likeness (QED) is 0.501. The number of benzene rings is 1. The molecular weight excluding hydrogens is 268 g/mol. The van der Waals surface area contributed by atoms with Gasteiger partial charge in [0.1, 0.15) is 6.10 Å². The maximum Gasteiger partial charge on any atom is 0.334 e. The molecule has 5 nitrogen and oxygen atoms in total. The number of carbonyl (C=O) groups is 1. The van der Waals surface area contributed by atoms with Crippen molar-refractivity contribution < 1.29 is 14.6 Å². The molecule has 0 amide bonds. The maximum atomic E-state index is 11.5. The van der Waals surface area contributed by atoms with Crippen LogP contribution >= 0.6 is 0 Å². The summed E-state index contributed by atoms with van der Waals surface area (Å²) in [7, 11) is 1.65. The van der Waals surface area contributed by atoms with Crippen molar-refractivity contribution in [3.05, 3.63) is 53.2 Å². The number of esters is 1. The van der Waals surface area contributed by atoms with Crippen molar-refractivity contribution in [1.29, 1.82) is 0 Å². The summed E-state index contributed by atoms with van der Waals surface area (Å²) in [6.07, 6.45) is 3.14. The third-order valence-electron chi connectivity index (χ3n) is 3.38. The summed E-state index contributed by atoms with van der Waals surface area (Å²) in [5.41, 5.74) is 9.20. The topological polar surface area (TPSA) is 84.9 Å². The minimum absolute atomic E-state index is 0.0778. The van der Waals surface area contributed by atoms with Crippen LogP contribution in [0.15, 0.2) is 41.5 Å². The van der Waals surface area contributed by atoms with E-state index in [1.807, 2.05) is 12.1 Å². The minimum atomic E-state index is -0.382. The molecule has 1 saturated heterocycles. The van der Waals surface area contributed by atoms with Crippen LogP contribution in [-0.2, 0) is 16.1 Å². The Balaban J connectivity index is 2.50. The van der Waals surface area contributed by atoms with E-state index >= 15 is 0 Å². The summed E-state index contributed by atoms with van der Waals surface area (Å²) in [5.74, 6) is -0.375. The zero-order valence-electron chi connectivity index (χ0n) is 11.9. The summed E-state index contributed by atoms with van der Waals surface area (Å²) in [4.78, 5) is 15.5. The van der Waals surface area contributed by atoms with E-state index in [2.05, 4.69) is 11.6 Å². The second kappa shape index (κ2) is 6.37. The number of cyclic esters (lactones) is 1. The van der Waals surface area contributed by atoms with Crippen LogP contribution in [0.25, 0.3) is 5.57 Å². The monoisotopic (exact) mass is 286 g/mol. The molecule has 0 spiro atoms. The van der Waals surface area contributed by atoms with Crippen LogP contribution < -0.4 is 5.73 Å². The molecule has 1 unspecified atom stereocenters. The number of rotatable bonds is 4. The first-order valence-electron chi connectivity index (χ1n) is 6.57. The Morgan fingerprint density at radius 1 is 1.62 bits per heavy atom. The Bertz CT molecular complexity index is 616. The van der Waals surface area contributed by atoms with E-state index in [1.165, 1.54) is 6.20 Å². The molecular formula is C16H18N2O3. The Morgan fingerprint density at radius 2 is 2.38 bits per heavy atom. The first kappa shape index (κ1) is 15.0. The highest BCUT2D eigenvalue weighted by atomic mass is 16.5. The van der Waals surface area contributed by atoms with E-state index in [9.17, 15) is 9.90 Å². The molecule has 1 aliphatic heterocycles. The van der Waals surface area contributed by atoms with Crippen molar-refractivity contribution in [3.63, 3.8) is 0 Å². The SMILES string of the molecule is C=C1CC(c2ccc(CO)cc2/C(C=NC)=C/N)OC1=O. The lowest BCUT2D eigenvalue weighted by Crippen LogP contribution is -2.05. The lowest BCUT2D eigenvalue weighted by Gasteiger charge is -2.16. The summed E-state index contributed by atoms with van der Waals surface area (Å²) < 4.78 is 5.33. The van der Waals surface area contributed by atoms with Crippen molar-refractivity contribution in [2.45, 2.75) is 19.1 Å². The predicted octanol–water partition coefficient (Wildman–Crippen LogP) is 1.72. The number of aliphatic hydroxyl groups is 1. The normalized spacial score (nSPS) is 19.3. The van der Waals surface area contributed by atoms with Crippen LogP contribution in [0.4, 0.5) is 0 Å². The highest BCUT2D eigenvalue weighted by molar-refractivity contribution is 6.10. The predicted molar refractivity (Wildman–Crippen MR) is 81.5 cm³/mol. The molecule has 0 aromatic heterocycles. The second-order valence-electron chi connectivity index (χ2n) is 4.79. The van der Waals surface area contributed by atoms with Gasteiger partial charge < -0.3 is 15.6 Å². The van der Waals surface area contributed by atoms with Crippen molar-refractivity contribution in [1.82, 2.24) is 0 Å². The smallest absolute Gasteiger partial charge is 0.334 e. The molecule has 0 aliphatic carbocycles. The standard InChI is InChI=1S/C16H18N2O3/c1-10-5-15(21-16(10)20)13-4-3-11(9-19)6-14(13)12(7-17)8-18-2/h3-4,6-8,15,19H,1,5,9,17H2,2H3/b12-7+,18-8?. The highest BCUT2D eigenvalue weighted by Crippen LogP contribution is 2.36. The Labute approximate surface area is 123 Å². The van der Waals surface area contributed by atoms with Crippen LogP contribution in [-0.4, -0.2) is 24.3 Å². The van der Waals surface area contributed by atoms with Gasteiger partial charge in [0.2, 0.25) is 0 Å². The third kappa shape index (κ3) is 3.03. The Kier molecular flexibility index (Phi) is 4.55. The van der Waals surface area contributed by atoms with Gasteiger partial charge in [-0.05, 0) is 17.2 Å². The summed E-state index contributed by atoms with van der Waals surface area (Å²) >= 11 is 0. The first-order chi connectivity index (χ1) is 10.1. The van der Waals surface area contributed by atoms with Gasteiger partial charge in [-0.15, -0.1) is 0 Å². The number of hydrogen-bond donors (Lipinski definition) is 2. The number of ether oxygens (including phenoxy) is 1. The molecule has 1 aromatic carbocycles. The number of hydrogen-bond acceptors (Lipinski definition) is 5. The first-order valence-corrected chi connectivity index (χ1v) is 6.57. The van der Waals surface area contributed by atoms with E-state index in [4.69, 9.17) is 10.5 Å². The number of nitrogens with zero attached hydrogens (tertiary/aromatic N) is 1. The van der Waals surface area contributed by atoms with Crippen LogP contribution in [0, 0.1) is 0 Å². The fraction of sp³-hybridized carbons (Fsp3) is 0.250. The van der Waals surface area contributed by atoms with Gasteiger partial charge in [-0.2, -0.15) is 0 Å².